The number of benzene rings is 2. The molecule has 0 bridgehead atoms. The highest BCUT2D eigenvalue weighted by Gasteiger charge is 2.14. The third-order valence-corrected chi connectivity index (χ3v) is 5.15. The molecule has 0 unspecified atom stereocenters. The Morgan fingerprint density at radius 3 is 2.07 bits per heavy atom. The van der Waals surface area contributed by atoms with Crippen molar-refractivity contribution in [3.63, 3.8) is 0 Å². The van der Waals surface area contributed by atoms with Crippen LogP contribution in [0.2, 0.25) is 0 Å². The number of hydrogen-bond acceptors (Lipinski definition) is 4. The molecule has 2 N–H and O–H groups in total. The second-order valence-corrected chi connectivity index (χ2v) is 7.48. The number of halogens is 2. The zero-order valence-corrected chi connectivity index (χ0v) is 15.0. The maximum atomic E-state index is 12.9. The lowest BCUT2D eigenvalue weighted by atomic mass is 10.1. The first-order valence-corrected chi connectivity index (χ1v) is 9.63. The highest BCUT2D eigenvalue weighted by Crippen LogP contribution is 2.16. The van der Waals surface area contributed by atoms with Gasteiger partial charge in [0.15, 0.2) is 0 Å². The van der Waals surface area contributed by atoms with E-state index >= 15 is 0 Å². The Balaban J connectivity index is 1.56. The van der Waals surface area contributed by atoms with Crippen LogP contribution in [0.5, 0.6) is 0 Å². The van der Waals surface area contributed by atoms with Gasteiger partial charge in [0.2, 0.25) is 0 Å². The SMILES string of the molecule is O=S(=O)(Nc1ccc(NCCc2ccc(F)cc2)cn1)c1ccc(F)cc1. The van der Waals surface area contributed by atoms with Gasteiger partial charge in [0.25, 0.3) is 10.0 Å². The van der Waals surface area contributed by atoms with Crippen LogP contribution in [0.4, 0.5) is 20.3 Å². The zero-order valence-electron chi connectivity index (χ0n) is 14.2. The Labute approximate surface area is 156 Å². The van der Waals surface area contributed by atoms with Gasteiger partial charge in [-0.2, -0.15) is 0 Å². The molecule has 0 amide bonds. The van der Waals surface area contributed by atoms with E-state index in [4.69, 9.17) is 0 Å². The first kappa shape index (κ1) is 18.8. The molecular weight excluding hydrogens is 372 g/mol. The van der Waals surface area contributed by atoms with Crippen molar-refractivity contribution in [1.29, 1.82) is 0 Å². The molecule has 0 saturated heterocycles. The van der Waals surface area contributed by atoms with E-state index in [1.807, 2.05) is 0 Å². The molecule has 0 radical (unpaired) electrons. The number of rotatable bonds is 7. The smallest absolute Gasteiger partial charge is 0.263 e. The van der Waals surface area contributed by atoms with Gasteiger partial charge in [-0.1, -0.05) is 12.1 Å². The van der Waals surface area contributed by atoms with Gasteiger partial charge in [-0.15, -0.1) is 0 Å². The molecule has 3 rings (SSSR count). The number of anilines is 2. The molecule has 0 fully saturated rings. The summed E-state index contributed by atoms with van der Waals surface area (Å²) in [5.74, 6) is -0.624. The predicted octanol–water partition coefficient (Wildman–Crippen LogP) is 3.82. The van der Waals surface area contributed by atoms with E-state index in [-0.39, 0.29) is 16.5 Å². The lowest BCUT2D eigenvalue weighted by Gasteiger charge is -2.09. The summed E-state index contributed by atoms with van der Waals surface area (Å²) in [6, 6.07) is 14.0. The Hall–Kier alpha value is -3.00. The van der Waals surface area contributed by atoms with Gasteiger partial charge >= 0.3 is 0 Å². The van der Waals surface area contributed by atoms with Crippen LogP contribution in [0.3, 0.4) is 0 Å². The van der Waals surface area contributed by atoms with E-state index in [9.17, 15) is 17.2 Å². The fourth-order valence-corrected chi connectivity index (χ4v) is 3.38. The van der Waals surface area contributed by atoms with Gasteiger partial charge in [-0.3, -0.25) is 4.72 Å². The zero-order chi connectivity index (χ0) is 19.3. The van der Waals surface area contributed by atoms with E-state index < -0.39 is 15.8 Å². The van der Waals surface area contributed by atoms with Gasteiger partial charge in [-0.25, -0.2) is 22.2 Å². The average molecular weight is 389 g/mol. The average Bonchev–Trinajstić information content (AvgIpc) is 2.65. The van der Waals surface area contributed by atoms with E-state index in [0.717, 1.165) is 23.4 Å². The molecule has 8 heteroatoms. The largest absolute Gasteiger partial charge is 0.383 e. The lowest BCUT2D eigenvalue weighted by molar-refractivity contribution is 0.599. The molecule has 27 heavy (non-hydrogen) atoms. The van der Waals surface area contributed by atoms with Gasteiger partial charge in [0.1, 0.15) is 17.5 Å². The van der Waals surface area contributed by atoms with Crippen molar-refractivity contribution < 1.29 is 17.2 Å². The standard InChI is InChI=1S/C19H17F2N3O2S/c20-15-3-1-14(2-4-15)11-12-22-17-7-10-19(23-13-17)24-27(25,26)18-8-5-16(21)6-9-18/h1-10,13,22H,11-12H2,(H,23,24). The van der Waals surface area contributed by atoms with Crippen LogP contribution in [0.25, 0.3) is 0 Å². The Morgan fingerprint density at radius 1 is 0.852 bits per heavy atom. The van der Waals surface area contributed by atoms with Gasteiger partial charge in [0.05, 0.1) is 16.8 Å². The second-order valence-electron chi connectivity index (χ2n) is 5.79. The van der Waals surface area contributed by atoms with Crippen LogP contribution in [0.15, 0.2) is 71.8 Å². The van der Waals surface area contributed by atoms with Crippen molar-refractivity contribution in [3.05, 3.63) is 84.1 Å². The molecule has 140 valence electrons. The third kappa shape index (κ3) is 5.24. The van der Waals surface area contributed by atoms with Crippen molar-refractivity contribution in [2.45, 2.75) is 11.3 Å². The second kappa shape index (κ2) is 8.13. The summed E-state index contributed by atoms with van der Waals surface area (Å²) in [4.78, 5) is 4.02. The quantitative estimate of drug-likeness (QED) is 0.645. The first-order valence-electron chi connectivity index (χ1n) is 8.15. The molecular formula is C19H17F2N3O2S. The fourth-order valence-electron chi connectivity index (χ4n) is 2.37. The van der Waals surface area contributed by atoms with Crippen molar-refractivity contribution in [2.24, 2.45) is 0 Å². The Bertz CT molecular complexity index is 991. The molecule has 2 aromatic carbocycles. The molecule has 1 heterocycles. The number of nitrogens with zero attached hydrogens (tertiary/aromatic N) is 1. The van der Waals surface area contributed by atoms with Crippen LogP contribution >= 0.6 is 0 Å². The third-order valence-electron chi connectivity index (χ3n) is 3.78. The summed E-state index contributed by atoms with van der Waals surface area (Å²) < 4.78 is 52.6. The Kier molecular flexibility index (Phi) is 5.66. The highest BCUT2D eigenvalue weighted by atomic mass is 32.2. The van der Waals surface area contributed by atoms with E-state index in [1.165, 1.54) is 36.5 Å². The molecule has 0 aliphatic carbocycles. The van der Waals surface area contributed by atoms with Crippen LogP contribution in [-0.4, -0.2) is 19.9 Å². The first-order chi connectivity index (χ1) is 12.9. The van der Waals surface area contributed by atoms with E-state index in [1.54, 1.807) is 18.2 Å². The summed E-state index contributed by atoms with van der Waals surface area (Å²) in [5.41, 5.74) is 1.72. The summed E-state index contributed by atoms with van der Waals surface area (Å²) in [5, 5.41) is 3.16. The molecule has 0 spiro atoms. The van der Waals surface area contributed by atoms with Crippen molar-refractivity contribution in [2.75, 3.05) is 16.6 Å². The molecule has 0 aliphatic rings. The van der Waals surface area contributed by atoms with Crippen LogP contribution in [-0.2, 0) is 16.4 Å². The minimum atomic E-state index is -3.83. The van der Waals surface area contributed by atoms with Gasteiger partial charge in [0, 0.05) is 6.54 Å². The summed E-state index contributed by atoms with van der Waals surface area (Å²) in [7, 11) is -3.83. The van der Waals surface area contributed by atoms with Crippen molar-refractivity contribution in [3.8, 4) is 0 Å². The maximum absolute atomic E-state index is 12.9. The molecule has 0 atom stereocenters. The maximum Gasteiger partial charge on any atom is 0.263 e. The number of sulfonamides is 1. The number of pyridine rings is 1. The lowest BCUT2D eigenvalue weighted by Crippen LogP contribution is -2.14. The topological polar surface area (TPSA) is 71.1 Å². The predicted molar refractivity (Wildman–Crippen MR) is 100 cm³/mol. The highest BCUT2D eigenvalue weighted by molar-refractivity contribution is 7.92. The normalized spacial score (nSPS) is 11.2. The number of aromatic nitrogens is 1. The van der Waals surface area contributed by atoms with Gasteiger partial charge < -0.3 is 5.32 Å². The summed E-state index contributed by atoms with van der Waals surface area (Å²) in [6.07, 6.45) is 2.21. The number of nitrogens with one attached hydrogen (secondary N) is 2. The van der Waals surface area contributed by atoms with Crippen LogP contribution in [0, 0.1) is 11.6 Å². The summed E-state index contributed by atoms with van der Waals surface area (Å²) in [6.45, 7) is 0.619. The minimum absolute atomic E-state index is 0.0489. The van der Waals surface area contributed by atoms with Crippen LogP contribution < -0.4 is 10.0 Å². The molecule has 0 aliphatic heterocycles. The molecule has 0 saturated carbocycles. The van der Waals surface area contributed by atoms with Crippen LogP contribution in [0.1, 0.15) is 5.56 Å². The van der Waals surface area contributed by atoms with E-state index in [2.05, 4.69) is 15.0 Å². The monoisotopic (exact) mass is 389 g/mol. The van der Waals surface area contributed by atoms with Gasteiger partial charge in [-0.05, 0) is 60.5 Å². The number of hydrogen-bond donors (Lipinski definition) is 2. The minimum Gasteiger partial charge on any atom is -0.383 e. The van der Waals surface area contributed by atoms with E-state index in [0.29, 0.717) is 13.0 Å². The van der Waals surface area contributed by atoms with Crippen molar-refractivity contribution in [1.82, 2.24) is 4.98 Å². The molecule has 5 nitrogen and oxygen atoms in total. The summed E-state index contributed by atoms with van der Waals surface area (Å²) >= 11 is 0. The fraction of sp³-hybridized carbons (Fsp3) is 0.105. The molecule has 3 aromatic rings. The van der Waals surface area contributed by atoms with Crippen molar-refractivity contribution >= 4 is 21.5 Å². The molecule has 1 aromatic heterocycles. The Morgan fingerprint density at radius 2 is 1.48 bits per heavy atom.